The standard InChI is InChI=1S/C30H31N3O2/c34-29(26-10-6-19-31-21-26)22-32-20-18-24-13-16-27(17-14-24)33-30(35)28-11-5-4-9-25(28)15-12-23-7-2-1-3-8-23/h1-11,13-14,16-17,19,21,29,32,34H,12,15,18,20,22H2,(H,33,35)/t29-/m0/s1. The lowest BCUT2D eigenvalue weighted by atomic mass is 9.99. The second-order valence-electron chi connectivity index (χ2n) is 8.55. The van der Waals surface area contributed by atoms with E-state index in [1.54, 1.807) is 12.4 Å². The third-order valence-corrected chi connectivity index (χ3v) is 6.00. The highest BCUT2D eigenvalue weighted by molar-refractivity contribution is 6.05. The Morgan fingerprint density at radius 3 is 2.31 bits per heavy atom. The lowest BCUT2D eigenvalue weighted by Gasteiger charge is -2.12. The predicted molar refractivity (Wildman–Crippen MR) is 140 cm³/mol. The number of aromatic nitrogens is 1. The Bertz CT molecular complexity index is 1200. The van der Waals surface area contributed by atoms with Crippen molar-refractivity contribution in [1.82, 2.24) is 10.3 Å². The first-order chi connectivity index (χ1) is 17.2. The van der Waals surface area contributed by atoms with Gasteiger partial charge in [0.25, 0.3) is 5.91 Å². The Kier molecular flexibility index (Phi) is 8.76. The van der Waals surface area contributed by atoms with Crippen molar-refractivity contribution in [2.75, 3.05) is 18.4 Å². The molecule has 0 aliphatic carbocycles. The summed E-state index contributed by atoms with van der Waals surface area (Å²) >= 11 is 0. The Labute approximate surface area is 206 Å². The van der Waals surface area contributed by atoms with Crippen LogP contribution in [0.3, 0.4) is 0 Å². The van der Waals surface area contributed by atoms with E-state index in [0.717, 1.165) is 48.2 Å². The second kappa shape index (κ2) is 12.6. The van der Waals surface area contributed by atoms with Crippen molar-refractivity contribution in [3.63, 3.8) is 0 Å². The lowest BCUT2D eigenvalue weighted by Crippen LogP contribution is -2.23. The molecule has 0 unspecified atom stereocenters. The van der Waals surface area contributed by atoms with Crippen molar-refractivity contribution >= 4 is 11.6 Å². The maximum absolute atomic E-state index is 13.0. The van der Waals surface area contributed by atoms with E-state index in [1.165, 1.54) is 5.56 Å². The molecule has 1 atom stereocenters. The molecule has 0 aliphatic heterocycles. The van der Waals surface area contributed by atoms with E-state index in [1.807, 2.05) is 78.9 Å². The number of amides is 1. The van der Waals surface area contributed by atoms with Crippen molar-refractivity contribution in [1.29, 1.82) is 0 Å². The number of rotatable bonds is 11. The van der Waals surface area contributed by atoms with E-state index in [4.69, 9.17) is 0 Å². The van der Waals surface area contributed by atoms with Gasteiger partial charge in [0.15, 0.2) is 0 Å². The van der Waals surface area contributed by atoms with E-state index in [9.17, 15) is 9.90 Å². The van der Waals surface area contributed by atoms with Gasteiger partial charge in [-0.05, 0) is 66.8 Å². The molecule has 35 heavy (non-hydrogen) atoms. The molecule has 0 bridgehead atoms. The molecule has 5 heteroatoms. The SMILES string of the molecule is O=C(Nc1ccc(CCNC[C@H](O)c2cccnc2)cc1)c1ccccc1CCc1ccccc1. The summed E-state index contributed by atoms with van der Waals surface area (Å²) in [5.41, 5.74) is 5.77. The highest BCUT2D eigenvalue weighted by atomic mass is 16.3. The van der Waals surface area contributed by atoms with Crippen molar-refractivity contribution in [2.24, 2.45) is 0 Å². The van der Waals surface area contributed by atoms with Gasteiger partial charge in [0.1, 0.15) is 0 Å². The van der Waals surface area contributed by atoms with Crippen LogP contribution >= 0.6 is 0 Å². The fourth-order valence-electron chi connectivity index (χ4n) is 4.00. The van der Waals surface area contributed by atoms with Gasteiger partial charge in [0.2, 0.25) is 0 Å². The topological polar surface area (TPSA) is 74.2 Å². The highest BCUT2D eigenvalue weighted by Gasteiger charge is 2.11. The molecular formula is C30H31N3O2. The molecule has 3 aromatic carbocycles. The van der Waals surface area contributed by atoms with Crippen LogP contribution < -0.4 is 10.6 Å². The predicted octanol–water partition coefficient (Wildman–Crippen LogP) is 4.98. The van der Waals surface area contributed by atoms with Crippen LogP contribution in [0.25, 0.3) is 0 Å². The van der Waals surface area contributed by atoms with Crippen LogP contribution in [0.5, 0.6) is 0 Å². The smallest absolute Gasteiger partial charge is 0.255 e. The summed E-state index contributed by atoms with van der Waals surface area (Å²) in [5.74, 6) is -0.0903. The van der Waals surface area contributed by atoms with Crippen LogP contribution in [0.2, 0.25) is 0 Å². The van der Waals surface area contributed by atoms with Crippen LogP contribution in [0.15, 0.2) is 103 Å². The van der Waals surface area contributed by atoms with Crippen molar-refractivity contribution in [3.8, 4) is 0 Å². The Morgan fingerprint density at radius 1 is 0.800 bits per heavy atom. The van der Waals surface area contributed by atoms with E-state index < -0.39 is 6.10 Å². The summed E-state index contributed by atoms with van der Waals surface area (Å²) in [5, 5.41) is 16.5. The van der Waals surface area contributed by atoms with E-state index >= 15 is 0 Å². The average Bonchev–Trinajstić information content (AvgIpc) is 2.92. The van der Waals surface area contributed by atoms with Gasteiger partial charge in [-0.1, -0.05) is 66.7 Å². The zero-order chi connectivity index (χ0) is 24.3. The minimum Gasteiger partial charge on any atom is -0.387 e. The first kappa shape index (κ1) is 24.3. The van der Waals surface area contributed by atoms with Gasteiger partial charge in [-0.3, -0.25) is 9.78 Å². The molecule has 4 aromatic rings. The largest absolute Gasteiger partial charge is 0.387 e. The minimum absolute atomic E-state index is 0.0903. The third kappa shape index (κ3) is 7.34. The van der Waals surface area contributed by atoms with Crippen LogP contribution in [-0.4, -0.2) is 29.1 Å². The fraction of sp³-hybridized carbons (Fsp3) is 0.200. The molecule has 5 nitrogen and oxygen atoms in total. The highest BCUT2D eigenvalue weighted by Crippen LogP contribution is 2.17. The van der Waals surface area contributed by atoms with Gasteiger partial charge in [0, 0.05) is 35.8 Å². The summed E-state index contributed by atoms with van der Waals surface area (Å²) in [6.45, 7) is 1.22. The number of hydrogen-bond donors (Lipinski definition) is 3. The zero-order valence-corrected chi connectivity index (χ0v) is 19.7. The molecule has 0 saturated carbocycles. The fourth-order valence-corrected chi connectivity index (χ4v) is 4.00. The number of nitrogens with zero attached hydrogens (tertiary/aromatic N) is 1. The summed E-state index contributed by atoms with van der Waals surface area (Å²) in [4.78, 5) is 17.0. The minimum atomic E-state index is -0.572. The monoisotopic (exact) mass is 465 g/mol. The summed E-state index contributed by atoms with van der Waals surface area (Å²) in [6, 6.07) is 29.7. The molecule has 0 aliphatic rings. The molecular weight excluding hydrogens is 434 g/mol. The van der Waals surface area contributed by atoms with E-state index in [-0.39, 0.29) is 5.91 Å². The maximum atomic E-state index is 13.0. The Balaban J connectivity index is 1.26. The van der Waals surface area contributed by atoms with Crippen LogP contribution in [0, 0.1) is 0 Å². The summed E-state index contributed by atoms with van der Waals surface area (Å²) in [6.07, 6.45) is 5.34. The summed E-state index contributed by atoms with van der Waals surface area (Å²) in [7, 11) is 0. The molecule has 4 rings (SSSR count). The molecule has 0 spiro atoms. The molecule has 1 amide bonds. The molecule has 1 heterocycles. The second-order valence-corrected chi connectivity index (χ2v) is 8.55. The van der Waals surface area contributed by atoms with Gasteiger partial charge in [0.05, 0.1) is 6.10 Å². The van der Waals surface area contributed by atoms with Crippen molar-refractivity contribution in [3.05, 3.63) is 131 Å². The van der Waals surface area contributed by atoms with Crippen LogP contribution in [0.4, 0.5) is 5.69 Å². The third-order valence-electron chi connectivity index (χ3n) is 6.00. The Morgan fingerprint density at radius 2 is 1.54 bits per heavy atom. The first-order valence-electron chi connectivity index (χ1n) is 12.0. The average molecular weight is 466 g/mol. The Hall–Kier alpha value is -3.80. The molecule has 0 fully saturated rings. The molecule has 1 aromatic heterocycles. The first-order valence-corrected chi connectivity index (χ1v) is 12.0. The van der Waals surface area contributed by atoms with E-state index in [2.05, 4.69) is 27.8 Å². The van der Waals surface area contributed by atoms with Gasteiger partial charge in [-0.2, -0.15) is 0 Å². The normalized spacial score (nSPS) is 11.7. The lowest BCUT2D eigenvalue weighted by molar-refractivity contribution is 0.102. The summed E-state index contributed by atoms with van der Waals surface area (Å²) < 4.78 is 0. The zero-order valence-electron chi connectivity index (χ0n) is 19.7. The quantitative estimate of drug-likeness (QED) is 0.273. The number of aryl methyl sites for hydroxylation is 2. The van der Waals surface area contributed by atoms with Crippen molar-refractivity contribution in [2.45, 2.75) is 25.4 Å². The van der Waals surface area contributed by atoms with Gasteiger partial charge in [-0.25, -0.2) is 0 Å². The number of nitrogens with one attached hydrogen (secondary N) is 2. The number of anilines is 1. The van der Waals surface area contributed by atoms with Gasteiger partial charge in [-0.15, -0.1) is 0 Å². The number of carbonyl (C=O) groups excluding carboxylic acids is 1. The maximum Gasteiger partial charge on any atom is 0.255 e. The van der Waals surface area contributed by atoms with Gasteiger partial charge < -0.3 is 15.7 Å². The molecule has 178 valence electrons. The number of aliphatic hydroxyl groups excluding tert-OH is 1. The van der Waals surface area contributed by atoms with Crippen LogP contribution in [-0.2, 0) is 19.3 Å². The molecule has 0 radical (unpaired) electrons. The number of aliphatic hydroxyl groups is 1. The molecule has 3 N–H and O–H groups in total. The number of carbonyl (C=O) groups is 1. The number of hydrogen-bond acceptors (Lipinski definition) is 4. The number of benzene rings is 3. The van der Waals surface area contributed by atoms with Gasteiger partial charge >= 0.3 is 0 Å². The van der Waals surface area contributed by atoms with E-state index in [0.29, 0.717) is 12.1 Å². The van der Waals surface area contributed by atoms with Crippen LogP contribution in [0.1, 0.15) is 38.7 Å². The molecule has 0 saturated heterocycles. The number of pyridine rings is 1. The van der Waals surface area contributed by atoms with Crippen molar-refractivity contribution < 1.29 is 9.90 Å².